The summed E-state index contributed by atoms with van der Waals surface area (Å²) in [6.07, 6.45) is 1.55. The molecule has 2 rings (SSSR count). The van der Waals surface area contributed by atoms with Gasteiger partial charge in [-0.3, -0.25) is 0 Å². The topological polar surface area (TPSA) is 29.5 Å². The van der Waals surface area contributed by atoms with Crippen molar-refractivity contribution in [1.82, 2.24) is 0 Å². The van der Waals surface area contributed by atoms with Crippen LogP contribution in [0, 0.1) is 0 Å². The molecule has 15 heavy (non-hydrogen) atoms. The first-order valence-corrected chi connectivity index (χ1v) is 6.85. The molecule has 1 aromatic heterocycles. The van der Waals surface area contributed by atoms with Crippen molar-refractivity contribution < 1.29 is 9.84 Å². The molecule has 2 heterocycles. The monoisotopic (exact) mass is 310 g/mol. The number of aliphatic hydroxyl groups is 1. The molecular formula is C10H12BrClO2S. The first-order valence-electron chi connectivity index (χ1n) is 4.86. The molecule has 1 saturated heterocycles. The Hall–Kier alpha value is 0.390. The molecule has 84 valence electrons. The number of thiophene rings is 1. The molecule has 0 saturated carbocycles. The van der Waals surface area contributed by atoms with Gasteiger partial charge in [0.2, 0.25) is 0 Å². The number of hydrogen-bond donors (Lipinski definition) is 1. The van der Waals surface area contributed by atoms with Crippen LogP contribution in [0.4, 0.5) is 0 Å². The quantitative estimate of drug-likeness (QED) is 0.901. The smallest absolute Gasteiger partial charge is 0.114 e. The van der Waals surface area contributed by atoms with Gasteiger partial charge in [0, 0.05) is 9.35 Å². The first kappa shape index (κ1) is 11.9. The van der Waals surface area contributed by atoms with E-state index in [9.17, 15) is 5.11 Å². The zero-order valence-electron chi connectivity index (χ0n) is 8.24. The van der Waals surface area contributed by atoms with Gasteiger partial charge in [-0.05, 0) is 41.8 Å². The maximum Gasteiger partial charge on any atom is 0.114 e. The van der Waals surface area contributed by atoms with Gasteiger partial charge in [0.15, 0.2) is 0 Å². The molecule has 2 nitrogen and oxygen atoms in total. The van der Waals surface area contributed by atoms with Crippen LogP contribution < -0.4 is 0 Å². The summed E-state index contributed by atoms with van der Waals surface area (Å²) in [6.45, 7) is 2.03. The Morgan fingerprint density at radius 2 is 2.40 bits per heavy atom. The second-order valence-corrected chi connectivity index (χ2v) is 6.32. The van der Waals surface area contributed by atoms with Crippen molar-refractivity contribution in [2.24, 2.45) is 0 Å². The van der Waals surface area contributed by atoms with Crippen LogP contribution in [0.25, 0.3) is 0 Å². The largest absolute Gasteiger partial charge is 0.385 e. The summed E-state index contributed by atoms with van der Waals surface area (Å²) in [5.74, 6) is 0. The Morgan fingerprint density at radius 3 is 2.87 bits per heavy atom. The maximum absolute atomic E-state index is 10.1. The molecule has 0 bridgehead atoms. The molecule has 0 aliphatic carbocycles. The van der Waals surface area contributed by atoms with E-state index in [0.717, 1.165) is 22.2 Å². The predicted molar refractivity (Wildman–Crippen MR) is 65.6 cm³/mol. The van der Waals surface area contributed by atoms with E-state index in [4.69, 9.17) is 16.3 Å². The van der Waals surface area contributed by atoms with Crippen LogP contribution >= 0.6 is 38.9 Å². The molecule has 0 amide bonds. The van der Waals surface area contributed by atoms with Crippen molar-refractivity contribution in [2.45, 2.75) is 38.1 Å². The van der Waals surface area contributed by atoms with Crippen LogP contribution in [0.3, 0.4) is 0 Å². The number of ether oxygens (including phenoxy) is 1. The number of hydrogen-bond acceptors (Lipinski definition) is 3. The zero-order valence-corrected chi connectivity index (χ0v) is 11.4. The van der Waals surface area contributed by atoms with Crippen LogP contribution in [0.15, 0.2) is 10.5 Å². The van der Waals surface area contributed by atoms with Crippen molar-refractivity contribution >= 4 is 38.9 Å². The minimum Gasteiger partial charge on any atom is -0.385 e. The molecule has 1 aliphatic rings. The fraction of sp³-hybridized carbons (Fsp3) is 0.600. The molecule has 3 atom stereocenters. The van der Waals surface area contributed by atoms with Gasteiger partial charge in [0.1, 0.15) is 10.4 Å². The summed E-state index contributed by atoms with van der Waals surface area (Å²) < 4.78 is 7.14. The number of rotatable bonds is 2. The molecular weight excluding hydrogens is 300 g/mol. The molecule has 1 fully saturated rings. The third-order valence-corrected chi connectivity index (χ3v) is 5.12. The average molecular weight is 312 g/mol. The van der Waals surface area contributed by atoms with E-state index < -0.39 is 6.10 Å². The summed E-state index contributed by atoms with van der Waals surface area (Å²) in [5, 5.41) is 10.1. The van der Waals surface area contributed by atoms with Gasteiger partial charge in [-0.15, -0.1) is 11.3 Å². The maximum atomic E-state index is 10.1. The van der Waals surface area contributed by atoms with Crippen LogP contribution in [0.5, 0.6) is 0 Å². The Morgan fingerprint density at radius 1 is 1.67 bits per heavy atom. The van der Waals surface area contributed by atoms with E-state index >= 15 is 0 Å². The van der Waals surface area contributed by atoms with E-state index in [1.54, 1.807) is 0 Å². The van der Waals surface area contributed by atoms with E-state index in [2.05, 4.69) is 15.9 Å². The van der Waals surface area contributed by atoms with Crippen LogP contribution in [0.2, 0.25) is 4.34 Å². The summed E-state index contributed by atoms with van der Waals surface area (Å²) in [5.41, 5.74) is 0. The average Bonchev–Trinajstić information content (AvgIpc) is 2.74. The molecule has 1 aromatic rings. The van der Waals surface area contributed by atoms with Crippen LogP contribution in [-0.4, -0.2) is 17.3 Å². The van der Waals surface area contributed by atoms with Gasteiger partial charge in [-0.1, -0.05) is 11.6 Å². The van der Waals surface area contributed by atoms with Crippen LogP contribution in [0.1, 0.15) is 30.7 Å². The summed E-state index contributed by atoms with van der Waals surface area (Å²) in [7, 11) is 0. The highest BCUT2D eigenvalue weighted by atomic mass is 79.9. The Kier molecular flexibility index (Phi) is 3.73. The molecule has 5 heteroatoms. The Balaban J connectivity index is 2.10. The van der Waals surface area contributed by atoms with Crippen molar-refractivity contribution in [2.75, 3.05) is 0 Å². The highest BCUT2D eigenvalue weighted by Gasteiger charge is 2.30. The van der Waals surface area contributed by atoms with Crippen molar-refractivity contribution in [3.05, 3.63) is 19.8 Å². The molecule has 1 aliphatic heterocycles. The number of halogens is 2. The van der Waals surface area contributed by atoms with E-state index in [1.165, 1.54) is 11.3 Å². The molecule has 0 aromatic carbocycles. The number of aliphatic hydroxyl groups excluding tert-OH is 1. The Labute approximate surface area is 106 Å². The lowest BCUT2D eigenvalue weighted by molar-refractivity contribution is -0.0283. The minimum absolute atomic E-state index is 0.0818. The minimum atomic E-state index is -0.552. The zero-order chi connectivity index (χ0) is 11.0. The summed E-state index contributed by atoms with van der Waals surface area (Å²) in [6, 6.07) is 1.87. The second-order valence-electron chi connectivity index (χ2n) is 3.78. The molecule has 0 spiro atoms. The third kappa shape index (κ3) is 2.56. The van der Waals surface area contributed by atoms with Gasteiger partial charge in [0.05, 0.1) is 12.2 Å². The third-order valence-electron chi connectivity index (χ3n) is 2.57. The van der Waals surface area contributed by atoms with Crippen molar-refractivity contribution in [3.8, 4) is 0 Å². The lowest BCUT2D eigenvalue weighted by atomic mass is 10.1. The van der Waals surface area contributed by atoms with Gasteiger partial charge in [0.25, 0.3) is 0 Å². The molecule has 0 radical (unpaired) electrons. The highest BCUT2D eigenvalue weighted by Crippen LogP contribution is 2.39. The van der Waals surface area contributed by atoms with Gasteiger partial charge >= 0.3 is 0 Å². The second kappa shape index (κ2) is 4.72. The van der Waals surface area contributed by atoms with Crippen molar-refractivity contribution in [1.29, 1.82) is 0 Å². The Bertz CT molecular complexity index is 336. The molecule has 3 unspecified atom stereocenters. The fourth-order valence-electron chi connectivity index (χ4n) is 1.76. The summed E-state index contributed by atoms with van der Waals surface area (Å²) >= 11 is 10.7. The standard InChI is InChI=1S/C10H12BrClO2S/c1-5-2-3-7(14-5)9(13)8-4-6(11)10(12)15-8/h4-5,7,9,13H,2-3H2,1H3. The molecule has 1 N–H and O–H groups in total. The fourth-order valence-corrected chi connectivity index (χ4v) is 3.53. The van der Waals surface area contributed by atoms with Gasteiger partial charge < -0.3 is 9.84 Å². The predicted octanol–water partition coefficient (Wildman–Crippen LogP) is 3.76. The SMILES string of the molecule is CC1CCC(C(O)c2cc(Br)c(Cl)s2)O1. The van der Waals surface area contributed by atoms with Gasteiger partial charge in [-0.25, -0.2) is 0 Å². The summed E-state index contributed by atoms with van der Waals surface area (Å²) in [4.78, 5) is 0.867. The van der Waals surface area contributed by atoms with E-state index in [-0.39, 0.29) is 12.2 Å². The van der Waals surface area contributed by atoms with Crippen LogP contribution in [-0.2, 0) is 4.74 Å². The highest BCUT2D eigenvalue weighted by molar-refractivity contribution is 9.10. The van der Waals surface area contributed by atoms with Gasteiger partial charge in [-0.2, -0.15) is 0 Å². The normalized spacial score (nSPS) is 28.3. The first-order chi connectivity index (χ1) is 7.08. The lowest BCUT2D eigenvalue weighted by Crippen LogP contribution is -2.17. The van der Waals surface area contributed by atoms with E-state index in [1.807, 2.05) is 13.0 Å². The lowest BCUT2D eigenvalue weighted by Gasteiger charge is -2.16. The van der Waals surface area contributed by atoms with Crippen molar-refractivity contribution in [3.63, 3.8) is 0 Å². The van der Waals surface area contributed by atoms with E-state index in [0.29, 0.717) is 4.34 Å².